The zero-order valence-electron chi connectivity index (χ0n) is 15.9. The standard InChI is InChI=1S/C21H40O3/c1-2-3-4-5-6-7-8-9-10-11-12-13-14-15-16-17-20(22)18-19-21(23)24/h17,22H,2-16,18-19H2,1H3,(H,23,24). The highest BCUT2D eigenvalue weighted by atomic mass is 16.4. The Morgan fingerprint density at radius 3 is 1.50 bits per heavy atom. The molecule has 0 aromatic heterocycles. The van der Waals surface area contributed by atoms with Crippen molar-refractivity contribution in [2.24, 2.45) is 0 Å². The molecule has 0 fully saturated rings. The largest absolute Gasteiger partial charge is 0.513 e. The van der Waals surface area contributed by atoms with Crippen LogP contribution in [-0.4, -0.2) is 16.2 Å². The molecule has 0 saturated heterocycles. The second-order valence-corrected chi connectivity index (χ2v) is 6.97. The average Bonchev–Trinajstić information content (AvgIpc) is 2.56. The van der Waals surface area contributed by atoms with Crippen molar-refractivity contribution in [1.82, 2.24) is 0 Å². The van der Waals surface area contributed by atoms with Gasteiger partial charge in [0.1, 0.15) is 0 Å². The van der Waals surface area contributed by atoms with Crippen LogP contribution >= 0.6 is 0 Å². The van der Waals surface area contributed by atoms with Gasteiger partial charge in [0.15, 0.2) is 0 Å². The third-order valence-corrected chi connectivity index (χ3v) is 4.53. The predicted octanol–water partition coefficient (Wildman–Crippen LogP) is 7.16. The maximum absolute atomic E-state index is 10.4. The van der Waals surface area contributed by atoms with Gasteiger partial charge in [0.05, 0.1) is 12.2 Å². The minimum atomic E-state index is -0.855. The lowest BCUT2D eigenvalue weighted by Crippen LogP contribution is -1.95. The van der Waals surface area contributed by atoms with Crippen LogP contribution in [0.5, 0.6) is 0 Å². The summed E-state index contributed by atoms with van der Waals surface area (Å²) >= 11 is 0. The Bertz CT molecular complexity index is 310. The molecule has 2 N–H and O–H groups in total. The van der Waals surface area contributed by atoms with Crippen molar-refractivity contribution in [3.8, 4) is 0 Å². The Balaban J connectivity index is 3.17. The minimum Gasteiger partial charge on any atom is -0.513 e. The van der Waals surface area contributed by atoms with E-state index in [4.69, 9.17) is 5.11 Å². The van der Waals surface area contributed by atoms with Crippen LogP contribution in [0.2, 0.25) is 0 Å². The first-order valence-electron chi connectivity index (χ1n) is 10.3. The van der Waals surface area contributed by atoms with Gasteiger partial charge < -0.3 is 10.2 Å². The van der Waals surface area contributed by atoms with E-state index in [2.05, 4.69) is 6.92 Å². The number of carboxylic acids is 1. The number of carbonyl (C=O) groups is 1. The first-order valence-corrected chi connectivity index (χ1v) is 10.3. The molecule has 0 bridgehead atoms. The van der Waals surface area contributed by atoms with E-state index in [-0.39, 0.29) is 18.6 Å². The second kappa shape index (κ2) is 18.4. The number of unbranched alkanes of at least 4 members (excludes halogenated alkanes) is 14. The molecule has 0 atom stereocenters. The summed E-state index contributed by atoms with van der Waals surface area (Å²) in [7, 11) is 0. The maximum Gasteiger partial charge on any atom is 0.303 e. The molecule has 0 heterocycles. The van der Waals surface area contributed by atoms with Gasteiger partial charge in [-0.15, -0.1) is 0 Å². The number of hydrogen-bond acceptors (Lipinski definition) is 2. The Morgan fingerprint density at radius 1 is 0.667 bits per heavy atom. The highest BCUT2D eigenvalue weighted by Gasteiger charge is 1.99. The van der Waals surface area contributed by atoms with Gasteiger partial charge in [-0.05, 0) is 18.9 Å². The second-order valence-electron chi connectivity index (χ2n) is 6.97. The Hall–Kier alpha value is -0.990. The summed E-state index contributed by atoms with van der Waals surface area (Å²) in [5, 5.41) is 18.0. The lowest BCUT2D eigenvalue weighted by atomic mass is 10.0. The minimum absolute atomic E-state index is 0.0150. The van der Waals surface area contributed by atoms with Gasteiger partial charge in [0.25, 0.3) is 0 Å². The SMILES string of the molecule is CCCCCCCCCCCCCCCCC=C(O)CCC(=O)O. The van der Waals surface area contributed by atoms with E-state index in [0.717, 1.165) is 12.8 Å². The van der Waals surface area contributed by atoms with Crippen molar-refractivity contribution in [1.29, 1.82) is 0 Å². The van der Waals surface area contributed by atoms with Gasteiger partial charge in [0.2, 0.25) is 0 Å². The third kappa shape index (κ3) is 19.1. The summed E-state index contributed by atoms with van der Waals surface area (Å²) in [5.74, 6) is -0.626. The van der Waals surface area contributed by atoms with Gasteiger partial charge >= 0.3 is 5.97 Å². The van der Waals surface area contributed by atoms with Crippen LogP contribution in [0, 0.1) is 0 Å². The smallest absolute Gasteiger partial charge is 0.303 e. The summed E-state index contributed by atoms with van der Waals surface area (Å²) < 4.78 is 0. The first kappa shape index (κ1) is 23.0. The van der Waals surface area contributed by atoms with Gasteiger partial charge in [-0.2, -0.15) is 0 Å². The third-order valence-electron chi connectivity index (χ3n) is 4.53. The van der Waals surface area contributed by atoms with Crippen molar-refractivity contribution in [2.75, 3.05) is 0 Å². The van der Waals surface area contributed by atoms with Crippen molar-refractivity contribution in [3.05, 3.63) is 11.8 Å². The normalized spacial score (nSPS) is 11.8. The maximum atomic E-state index is 10.4. The van der Waals surface area contributed by atoms with Crippen LogP contribution in [0.15, 0.2) is 11.8 Å². The molecule has 0 aromatic rings. The monoisotopic (exact) mass is 340 g/mol. The molecule has 0 unspecified atom stereocenters. The number of hydrogen-bond donors (Lipinski definition) is 2. The van der Waals surface area contributed by atoms with Crippen LogP contribution in [0.25, 0.3) is 0 Å². The predicted molar refractivity (Wildman–Crippen MR) is 103 cm³/mol. The van der Waals surface area contributed by atoms with Crippen molar-refractivity contribution in [2.45, 2.75) is 116 Å². The number of aliphatic hydroxyl groups excluding tert-OH is 1. The first-order chi connectivity index (χ1) is 11.7. The van der Waals surface area contributed by atoms with Crippen LogP contribution in [0.3, 0.4) is 0 Å². The molecule has 0 aliphatic heterocycles. The summed E-state index contributed by atoms with van der Waals surface area (Å²) in [6.45, 7) is 2.27. The fraction of sp³-hybridized carbons (Fsp3) is 0.857. The van der Waals surface area contributed by atoms with Crippen molar-refractivity contribution >= 4 is 5.97 Å². The summed E-state index contributed by atoms with van der Waals surface area (Å²) in [6.07, 6.45) is 21.8. The number of aliphatic hydroxyl groups is 1. The molecule has 0 aliphatic rings. The Morgan fingerprint density at radius 2 is 1.08 bits per heavy atom. The highest BCUT2D eigenvalue weighted by Crippen LogP contribution is 2.13. The molecule has 0 saturated carbocycles. The molecular formula is C21H40O3. The number of rotatable bonds is 18. The van der Waals surface area contributed by atoms with E-state index in [1.54, 1.807) is 6.08 Å². The molecular weight excluding hydrogens is 300 g/mol. The molecule has 0 aromatic carbocycles. The van der Waals surface area contributed by atoms with Crippen LogP contribution in [-0.2, 0) is 4.79 Å². The van der Waals surface area contributed by atoms with E-state index in [1.807, 2.05) is 0 Å². The van der Waals surface area contributed by atoms with Crippen LogP contribution in [0.4, 0.5) is 0 Å². The number of carboxylic acid groups (broad SMARTS) is 1. The zero-order chi connectivity index (χ0) is 17.9. The van der Waals surface area contributed by atoms with E-state index in [1.165, 1.54) is 83.5 Å². The van der Waals surface area contributed by atoms with Gasteiger partial charge in [-0.25, -0.2) is 0 Å². The fourth-order valence-corrected chi connectivity index (χ4v) is 2.94. The fourth-order valence-electron chi connectivity index (χ4n) is 2.94. The topological polar surface area (TPSA) is 57.5 Å². The number of allylic oxidation sites excluding steroid dienone is 2. The van der Waals surface area contributed by atoms with E-state index in [0.29, 0.717) is 0 Å². The van der Waals surface area contributed by atoms with Crippen LogP contribution in [0.1, 0.15) is 116 Å². The molecule has 0 aliphatic carbocycles. The van der Waals surface area contributed by atoms with Crippen molar-refractivity contribution < 1.29 is 15.0 Å². The summed E-state index contributed by atoms with van der Waals surface area (Å²) in [6, 6.07) is 0. The van der Waals surface area contributed by atoms with Gasteiger partial charge in [-0.3, -0.25) is 4.79 Å². The molecule has 3 nitrogen and oxygen atoms in total. The lowest BCUT2D eigenvalue weighted by molar-refractivity contribution is -0.137. The number of aliphatic carboxylic acids is 1. The Labute approximate surface area is 149 Å². The van der Waals surface area contributed by atoms with E-state index in [9.17, 15) is 9.90 Å². The molecule has 0 rings (SSSR count). The molecule has 0 spiro atoms. The molecule has 0 radical (unpaired) electrons. The van der Waals surface area contributed by atoms with Crippen molar-refractivity contribution in [3.63, 3.8) is 0 Å². The van der Waals surface area contributed by atoms with Gasteiger partial charge in [0, 0.05) is 6.42 Å². The van der Waals surface area contributed by atoms with E-state index < -0.39 is 5.97 Å². The quantitative estimate of drug-likeness (QED) is 0.205. The Kier molecular flexibility index (Phi) is 17.6. The van der Waals surface area contributed by atoms with Gasteiger partial charge in [-0.1, -0.05) is 90.4 Å². The highest BCUT2D eigenvalue weighted by molar-refractivity contribution is 5.66. The van der Waals surface area contributed by atoms with Crippen LogP contribution < -0.4 is 0 Å². The summed E-state index contributed by atoms with van der Waals surface area (Å²) in [5.41, 5.74) is 0. The molecule has 24 heavy (non-hydrogen) atoms. The average molecular weight is 341 g/mol. The van der Waals surface area contributed by atoms with E-state index >= 15 is 0 Å². The zero-order valence-corrected chi connectivity index (χ0v) is 15.9. The molecule has 142 valence electrons. The lowest BCUT2D eigenvalue weighted by Gasteiger charge is -2.03. The molecule has 3 heteroatoms. The summed E-state index contributed by atoms with van der Waals surface area (Å²) in [4.78, 5) is 10.4. The molecule has 0 amide bonds.